The first-order chi connectivity index (χ1) is 25.7. The summed E-state index contributed by atoms with van der Waals surface area (Å²) in [6.07, 6.45) is 3.82. The van der Waals surface area contributed by atoms with Gasteiger partial charge in [-0.25, -0.2) is 0 Å². The lowest BCUT2D eigenvalue weighted by molar-refractivity contribution is 0.0843. The number of hydrogen-bond donors (Lipinski definition) is 0. The molecule has 0 atom stereocenters. The smallest absolute Gasteiger partial charge is 0.261 e. The Labute approximate surface area is 338 Å². The Balaban J connectivity index is 1.80. The van der Waals surface area contributed by atoms with Crippen LogP contribution in [0.1, 0.15) is 89.0 Å². The summed E-state index contributed by atoms with van der Waals surface area (Å²) in [5, 5.41) is 5.08. The maximum atomic E-state index is 7.71. The topological polar surface area (TPSA) is 27.7 Å². The predicted molar refractivity (Wildman–Crippen MR) is 245 cm³/mol. The molecular formula is C49H70O3Si3. The first kappa shape index (κ1) is 44.6. The van der Waals surface area contributed by atoms with Gasteiger partial charge in [0.1, 0.15) is 0 Å². The van der Waals surface area contributed by atoms with E-state index in [4.69, 9.17) is 13.3 Å². The van der Waals surface area contributed by atoms with Crippen LogP contribution in [0.15, 0.2) is 139 Å². The van der Waals surface area contributed by atoms with Crippen molar-refractivity contribution in [2.75, 3.05) is 19.8 Å². The zero-order valence-electron chi connectivity index (χ0n) is 36.4. The standard InChI is InChI=1S/C49H70O3Si3/c1-41(28-26-27-37-50-53(12,13)46(2,3)4)38-49(11,39-51-54(47(5,6)7,42-29-18-14-19-30-42)43-31-20-15-21-32-43)40-52-55(48(8,9)10,44-33-22-16-23-34-44)45-35-24-17-25-36-45/h14-26,29-36H,27,37-40H2,1-13H3. The van der Waals surface area contributed by atoms with Crippen molar-refractivity contribution >= 4 is 45.7 Å². The Kier molecular flexibility index (Phi) is 14.6. The molecule has 0 spiro atoms. The van der Waals surface area contributed by atoms with Crippen LogP contribution in [0.25, 0.3) is 0 Å². The van der Waals surface area contributed by atoms with E-state index in [1.807, 2.05) is 0 Å². The van der Waals surface area contributed by atoms with Gasteiger partial charge < -0.3 is 13.3 Å². The van der Waals surface area contributed by atoms with Gasteiger partial charge in [0.25, 0.3) is 16.6 Å². The van der Waals surface area contributed by atoms with Gasteiger partial charge in [0, 0.05) is 25.2 Å². The predicted octanol–water partition coefficient (Wildman–Crippen LogP) is 11.0. The summed E-state index contributed by atoms with van der Waals surface area (Å²) in [6, 6.07) is 43.9. The van der Waals surface area contributed by atoms with Crippen molar-refractivity contribution in [3.63, 3.8) is 0 Å². The molecule has 4 rings (SSSR count). The van der Waals surface area contributed by atoms with E-state index in [0.29, 0.717) is 13.2 Å². The van der Waals surface area contributed by atoms with Crippen LogP contribution >= 0.6 is 0 Å². The van der Waals surface area contributed by atoms with E-state index in [1.54, 1.807) is 0 Å². The van der Waals surface area contributed by atoms with Crippen molar-refractivity contribution in [1.29, 1.82) is 0 Å². The van der Waals surface area contributed by atoms with E-state index in [-0.39, 0.29) is 20.5 Å². The highest BCUT2D eigenvalue weighted by Crippen LogP contribution is 2.42. The molecule has 0 radical (unpaired) electrons. The van der Waals surface area contributed by atoms with Gasteiger partial charge in [-0.05, 0) is 80.4 Å². The Morgan fingerprint density at radius 3 is 1.13 bits per heavy atom. The van der Waals surface area contributed by atoms with Crippen molar-refractivity contribution in [3.05, 3.63) is 139 Å². The fourth-order valence-electron chi connectivity index (χ4n) is 7.76. The minimum atomic E-state index is -2.81. The van der Waals surface area contributed by atoms with Gasteiger partial charge in [-0.1, -0.05) is 191 Å². The Bertz CT molecular complexity index is 1640. The van der Waals surface area contributed by atoms with E-state index in [1.165, 1.54) is 26.3 Å². The number of hydrogen-bond acceptors (Lipinski definition) is 3. The fraction of sp³-hybridized carbons (Fsp3) is 0.449. The van der Waals surface area contributed by atoms with Crippen LogP contribution in [-0.2, 0) is 13.3 Å². The van der Waals surface area contributed by atoms with Crippen LogP contribution in [0.4, 0.5) is 0 Å². The second kappa shape index (κ2) is 18.0. The van der Waals surface area contributed by atoms with Gasteiger partial charge in [0.15, 0.2) is 8.32 Å². The van der Waals surface area contributed by atoms with Crippen LogP contribution in [0.2, 0.25) is 28.2 Å². The molecule has 0 heterocycles. The van der Waals surface area contributed by atoms with Gasteiger partial charge in [0.2, 0.25) is 0 Å². The third-order valence-corrected chi connectivity index (χ3v) is 26.2. The summed E-state index contributed by atoms with van der Waals surface area (Å²) in [7, 11) is -7.43. The molecule has 0 N–H and O–H groups in total. The molecule has 0 saturated carbocycles. The van der Waals surface area contributed by atoms with Gasteiger partial charge in [-0.15, -0.1) is 5.73 Å². The minimum Gasteiger partial charge on any atom is -0.416 e. The SMILES string of the molecule is CC(=C=CCCO[Si](C)(C)C(C)(C)C)CC(C)(CO[Si](c1ccccc1)(c1ccccc1)C(C)(C)C)CO[Si](c1ccccc1)(c1ccccc1)C(C)(C)C. The van der Waals surface area contributed by atoms with Crippen molar-refractivity contribution in [1.82, 2.24) is 0 Å². The first-order valence-electron chi connectivity index (χ1n) is 20.2. The molecule has 0 amide bonds. The molecule has 4 aromatic rings. The van der Waals surface area contributed by atoms with Crippen molar-refractivity contribution < 1.29 is 13.3 Å². The van der Waals surface area contributed by atoms with Crippen molar-refractivity contribution in [3.8, 4) is 0 Å². The molecule has 0 bridgehead atoms. The molecule has 55 heavy (non-hydrogen) atoms. The molecule has 0 fully saturated rings. The Morgan fingerprint density at radius 2 is 0.836 bits per heavy atom. The van der Waals surface area contributed by atoms with Gasteiger partial charge >= 0.3 is 0 Å². The Morgan fingerprint density at radius 1 is 0.509 bits per heavy atom. The van der Waals surface area contributed by atoms with E-state index in [0.717, 1.165) is 19.4 Å². The summed E-state index contributed by atoms with van der Waals surface area (Å²) in [5.74, 6) is 0. The monoisotopic (exact) mass is 790 g/mol. The molecule has 296 valence electrons. The van der Waals surface area contributed by atoms with Crippen LogP contribution in [0, 0.1) is 5.41 Å². The lowest BCUT2D eigenvalue weighted by Gasteiger charge is -2.47. The Hall–Kier alpha value is -3.07. The van der Waals surface area contributed by atoms with Crippen LogP contribution in [0.3, 0.4) is 0 Å². The average Bonchev–Trinajstić information content (AvgIpc) is 3.12. The summed E-state index contributed by atoms with van der Waals surface area (Å²) < 4.78 is 21.9. The molecule has 0 saturated heterocycles. The second-order valence-corrected chi connectivity index (χ2v) is 32.8. The maximum absolute atomic E-state index is 7.71. The van der Waals surface area contributed by atoms with Crippen LogP contribution in [-0.4, -0.2) is 44.8 Å². The second-order valence-electron chi connectivity index (χ2n) is 19.4. The van der Waals surface area contributed by atoms with E-state index >= 15 is 0 Å². The van der Waals surface area contributed by atoms with Crippen LogP contribution < -0.4 is 20.7 Å². The average molecular weight is 791 g/mol. The highest BCUT2D eigenvalue weighted by molar-refractivity contribution is 7.00. The summed E-state index contributed by atoms with van der Waals surface area (Å²) in [6.45, 7) is 32.1. The third-order valence-electron chi connectivity index (χ3n) is 11.7. The highest BCUT2D eigenvalue weighted by atomic mass is 28.4. The molecule has 3 nitrogen and oxygen atoms in total. The van der Waals surface area contributed by atoms with Crippen molar-refractivity contribution in [2.45, 2.75) is 117 Å². The maximum Gasteiger partial charge on any atom is 0.261 e. The summed E-state index contributed by atoms with van der Waals surface area (Å²) in [5.41, 5.74) is 4.53. The molecule has 0 aliphatic carbocycles. The van der Waals surface area contributed by atoms with E-state index in [9.17, 15) is 0 Å². The quantitative estimate of drug-likeness (QED) is 0.0643. The van der Waals surface area contributed by atoms with Gasteiger partial charge in [-0.2, -0.15) is 0 Å². The fourth-order valence-corrected chi connectivity index (χ4v) is 18.3. The summed E-state index contributed by atoms with van der Waals surface area (Å²) >= 11 is 0. The number of benzene rings is 4. The van der Waals surface area contributed by atoms with Gasteiger partial charge in [0.05, 0.1) is 0 Å². The lowest BCUT2D eigenvalue weighted by Crippen LogP contribution is -2.68. The van der Waals surface area contributed by atoms with E-state index < -0.39 is 25.0 Å². The molecule has 0 aromatic heterocycles. The lowest BCUT2D eigenvalue weighted by atomic mass is 9.86. The van der Waals surface area contributed by atoms with Gasteiger partial charge in [-0.3, -0.25) is 0 Å². The molecule has 0 unspecified atom stereocenters. The molecular weight excluding hydrogens is 721 g/mol. The third kappa shape index (κ3) is 10.5. The summed E-state index contributed by atoms with van der Waals surface area (Å²) in [4.78, 5) is 0. The first-order valence-corrected chi connectivity index (χ1v) is 27.0. The zero-order chi connectivity index (χ0) is 40.6. The normalized spacial score (nSPS) is 13.3. The number of rotatable bonds is 16. The zero-order valence-corrected chi connectivity index (χ0v) is 39.4. The molecule has 0 aliphatic heterocycles. The van der Waals surface area contributed by atoms with E-state index in [2.05, 4.69) is 222 Å². The molecule has 6 heteroatoms. The highest BCUT2D eigenvalue weighted by Gasteiger charge is 2.53. The van der Waals surface area contributed by atoms with Crippen molar-refractivity contribution in [2.24, 2.45) is 5.41 Å². The minimum absolute atomic E-state index is 0.135. The molecule has 4 aromatic carbocycles. The van der Waals surface area contributed by atoms with Crippen LogP contribution in [0.5, 0.6) is 0 Å². The molecule has 0 aliphatic rings. The largest absolute Gasteiger partial charge is 0.416 e.